The van der Waals surface area contributed by atoms with Crippen LogP contribution in [0.2, 0.25) is 0 Å². The zero-order chi connectivity index (χ0) is 23.1. The van der Waals surface area contributed by atoms with Gasteiger partial charge in [0, 0.05) is 12.1 Å². The van der Waals surface area contributed by atoms with Crippen LogP contribution in [0, 0.1) is 5.92 Å². The predicted molar refractivity (Wildman–Crippen MR) is 91.9 cm³/mol. The number of alkyl halides is 1. The SMILES string of the molecule is C[C@@H]1[C@H](n2ccc(N)nc2=O)O[C@](F)(COP(=O)(O)OP(=O)(O)OP(=O)(O)O)[C@H]1O. The number of ether oxygens (including phenoxy) is 1. The minimum absolute atomic E-state index is 0.137. The fourth-order valence-electron chi connectivity index (χ4n) is 2.45. The average Bonchev–Trinajstić information content (AvgIpc) is 2.75. The van der Waals surface area contributed by atoms with Crippen LogP contribution < -0.4 is 11.4 Å². The second-order valence-corrected chi connectivity index (χ2v) is 10.4. The molecule has 1 fully saturated rings. The molecule has 2 heterocycles. The Kier molecular flexibility index (Phi) is 7.11. The molecule has 2 rings (SSSR count). The van der Waals surface area contributed by atoms with E-state index in [0.717, 1.165) is 10.8 Å². The molecule has 7 N–H and O–H groups in total. The Labute approximate surface area is 166 Å². The number of hydrogen-bond donors (Lipinski definition) is 6. The first-order chi connectivity index (χ1) is 13.4. The summed E-state index contributed by atoms with van der Waals surface area (Å²) in [5, 5.41) is 10.1. The molecule has 0 amide bonds. The Hall–Kier alpha value is -1.06. The van der Waals surface area contributed by atoms with Crippen LogP contribution >= 0.6 is 23.5 Å². The fraction of sp³-hybridized carbons (Fsp3) is 0.600. The van der Waals surface area contributed by atoms with Crippen LogP contribution in [0.5, 0.6) is 0 Å². The number of halogens is 1. The second-order valence-electron chi connectivity index (χ2n) is 6.01. The van der Waals surface area contributed by atoms with E-state index in [0.29, 0.717) is 0 Å². The lowest BCUT2D eigenvalue weighted by Gasteiger charge is -2.24. The highest BCUT2D eigenvalue weighted by Crippen LogP contribution is 2.66. The fourth-order valence-corrected chi connectivity index (χ4v) is 5.48. The summed E-state index contributed by atoms with van der Waals surface area (Å²) in [5.41, 5.74) is 4.39. The highest BCUT2D eigenvalue weighted by atomic mass is 31.3. The molecule has 20 heteroatoms. The number of aromatic nitrogens is 2. The predicted octanol–water partition coefficient (Wildman–Crippen LogP) is -0.640. The van der Waals surface area contributed by atoms with Crippen LogP contribution in [-0.2, 0) is 31.6 Å². The molecular formula is C10H17FN3O13P3. The Bertz CT molecular complexity index is 999. The van der Waals surface area contributed by atoms with Crippen LogP contribution in [0.25, 0.3) is 0 Å². The van der Waals surface area contributed by atoms with Gasteiger partial charge in [-0.3, -0.25) is 9.09 Å². The molecule has 0 aliphatic carbocycles. The highest BCUT2D eigenvalue weighted by Gasteiger charge is 2.56. The van der Waals surface area contributed by atoms with Gasteiger partial charge in [-0.25, -0.2) is 22.9 Å². The number of anilines is 1. The maximum atomic E-state index is 15.0. The van der Waals surface area contributed by atoms with Crippen molar-refractivity contribution in [1.82, 2.24) is 9.55 Å². The van der Waals surface area contributed by atoms with E-state index in [1.165, 1.54) is 13.0 Å². The van der Waals surface area contributed by atoms with Gasteiger partial charge in [0.25, 0.3) is 5.85 Å². The first kappa shape index (κ1) is 25.2. The van der Waals surface area contributed by atoms with Gasteiger partial charge < -0.3 is 35.2 Å². The molecule has 0 saturated carbocycles. The average molecular weight is 499 g/mol. The summed E-state index contributed by atoms with van der Waals surface area (Å²) in [6.45, 7) is -0.292. The molecule has 6 atom stereocenters. The number of aliphatic hydroxyl groups is 1. The molecule has 30 heavy (non-hydrogen) atoms. The molecule has 0 bridgehead atoms. The second kappa shape index (κ2) is 8.47. The first-order valence-corrected chi connectivity index (χ1v) is 12.1. The van der Waals surface area contributed by atoms with E-state index in [1.54, 1.807) is 0 Å². The third kappa shape index (κ3) is 6.23. The summed E-state index contributed by atoms with van der Waals surface area (Å²) in [6.07, 6.45) is -2.37. The van der Waals surface area contributed by atoms with Crippen molar-refractivity contribution in [2.75, 3.05) is 12.3 Å². The molecule has 1 aromatic rings. The number of aliphatic hydroxyl groups excluding tert-OH is 1. The number of hydrogen-bond acceptors (Lipinski definition) is 11. The number of phosphoric ester groups is 1. The molecule has 1 aliphatic rings. The standard InChI is InChI=1S/C10H17FN3O13P3/c1-5-7(15)10(11,25-8(5)14-3-2-6(12)13-9(14)16)4-24-29(20,21)27-30(22,23)26-28(17,18)19/h2-3,5,7-8,15H,4H2,1H3,(H,20,21)(H,22,23)(H2,12,13,16)(H2,17,18,19)/t5-,7-,8+,10+/m0/s1. The van der Waals surface area contributed by atoms with Crippen molar-refractivity contribution in [3.05, 3.63) is 22.7 Å². The Balaban J connectivity index is 2.14. The number of nitrogens with two attached hydrogens (primary N) is 1. The summed E-state index contributed by atoms with van der Waals surface area (Å²) < 4.78 is 65.4. The van der Waals surface area contributed by atoms with Gasteiger partial charge in [0.15, 0.2) is 0 Å². The quantitative estimate of drug-likeness (QED) is 0.243. The molecule has 2 unspecified atom stereocenters. The van der Waals surface area contributed by atoms with E-state index in [1.807, 2.05) is 0 Å². The van der Waals surface area contributed by atoms with Crippen molar-refractivity contribution >= 4 is 29.3 Å². The normalized spacial score (nSPS) is 31.2. The van der Waals surface area contributed by atoms with Gasteiger partial charge in [-0.15, -0.1) is 0 Å². The van der Waals surface area contributed by atoms with Gasteiger partial charge in [0.05, 0.1) is 0 Å². The maximum absolute atomic E-state index is 15.0. The molecule has 0 spiro atoms. The topological polar surface area (TPSA) is 250 Å². The molecule has 1 saturated heterocycles. The largest absolute Gasteiger partial charge is 0.490 e. The highest BCUT2D eigenvalue weighted by molar-refractivity contribution is 7.66. The summed E-state index contributed by atoms with van der Waals surface area (Å²) in [5.74, 6) is -4.47. The summed E-state index contributed by atoms with van der Waals surface area (Å²) in [7, 11) is -17.1. The van der Waals surface area contributed by atoms with Gasteiger partial charge in [0.1, 0.15) is 24.8 Å². The van der Waals surface area contributed by atoms with Crippen LogP contribution in [0.1, 0.15) is 13.2 Å². The monoisotopic (exact) mass is 499 g/mol. The van der Waals surface area contributed by atoms with Crippen molar-refractivity contribution in [2.24, 2.45) is 5.92 Å². The van der Waals surface area contributed by atoms with E-state index in [4.69, 9.17) is 25.2 Å². The molecule has 0 aromatic carbocycles. The van der Waals surface area contributed by atoms with E-state index in [9.17, 15) is 28.5 Å². The molecule has 1 aromatic heterocycles. The summed E-state index contributed by atoms with van der Waals surface area (Å²) >= 11 is 0. The van der Waals surface area contributed by atoms with E-state index in [2.05, 4.69) is 18.1 Å². The molecular weight excluding hydrogens is 482 g/mol. The van der Waals surface area contributed by atoms with Gasteiger partial charge >= 0.3 is 29.2 Å². The molecule has 1 aliphatic heterocycles. The number of nitrogen functional groups attached to an aromatic ring is 1. The van der Waals surface area contributed by atoms with E-state index in [-0.39, 0.29) is 5.82 Å². The first-order valence-electron chi connectivity index (χ1n) is 7.62. The summed E-state index contributed by atoms with van der Waals surface area (Å²) in [4.78, 5) is 50.6. The number of rotatable bonds is 8. The lowest BCUT2D eigenvalue weighted by Crippen LogP contribution is -2.40. The van der Waals surface area contributed by atoms with Crippen LogP contribution in [0.15, 0.2) is 17.1 Å². The lowest BCUT2D eigenvalue weighted by atomic mass is 10.0. The van der Waals surface area contributed by atoms with Crippen LogP contribution in [0.3, 0.4) is 0 Å². The number of phosphoric acid groups is 3. The zero-order valence-electron chi connectivity index (χ0n) is 14.8. The lowest BCUT2D eigenvalue weighted by molar-refractivity contribution is -0.204. The Morgan fingerprint density at radius 1 is 1.27 bits per heavy atom. The molecule has 172 valence electrons. The van der Waals surface area contributed by atoms with Crippen molar-refractivity contribution in [2.45, 2.75) is 25.1 Å². The van der Waals surface area contributed by atoms with E-state index >= 15 is 4.39 Å². The van der Waals surface area contributed by atoms with Crippen molar-refractivity contribution in [3.8, 4) is 0 Å². The summed E-state index contributed by atoms with van der Waals surface area (Å²) in [6, 6.07) is 1.19. The third-order valence-corrected chi connectivity index (χ3v) is 7.45. The Morgan fingerprint density at radius 3 is 2.40 bits per heavy atom. The number of nitrogens with zero attached hydrogens (tertiary/aromatic N) is 2. The zero-order valence-corrected chi connectivity index (χ0v) is 17.5. The minimum Gasteiger partial charge on any atom is -0.387 e. The van der Waals surface area contributed by atoms with Gasteiger partial charge in [-0.1, -0.05) is 6.92 Å². The van der Waals surface area contributed by atoms with Crippen LogP contribution in [-0.4, -0.2) is 52.8 Å². The van der Waals surface area contributed by atoms with E-state index < -0.39 is 59.9 Å². The molecule has 16 nitrogen and oxygen atoms in total. The van der Waals surface area contributed by atoms with Crippen molar-refractivity contribution < 1.29 is 60.6 Å². The minimum atomic E-state index is -5.81. The van der Waals surface area contributed by atoms with Crippen LogP contribution in [0.4, 0.5) is 10.2 Å². The Morgan fingerprint density at radius 2 is 1.87 bits per heavy atom. The van der Waals surface area contributed by atoms with Gasteiger partial charge in [0.2, 0.25) is 0 Å². The van der Waals surface area contributed by atoms with Gasteiger partial charge in [-0.2, -0.15) is 13.6 Å². The van der Waals surface area contributed by atoms with Crippen molar-refractivity contribution in [1.29, 1.82) is 0 Å². The van der Waals surface area contributed by atoms with Crippen molar-refractivity contribution in [3.63, 3.8) is 0 Å². The maximum Gasteiger partial charge on any atom is 0.490 e. The smallest absolute Gasteiger partial charge is 0.387 e. The third-order valence-electron chi connectivity index (χ3n) is 3.67. The molecule has 0 radical (unpaired) electrons. The van der Waals surface area contributed by atoms with Gasteiger partial charge in [-0.05, 0) is 6.07 Å².